The lowest BCUT2D eigenvalue weighted by molar-refractivity contribution is 0.612. The molecular formula is C12H14N8O. The molecule has 0 unspecified atom stereocenters. The van der Waals surface area contributed by atoms with Gasteiger partial charge in [-0.2, -0.15) is 10.2 Å². The van der Waals surface area contributed by atoms with E-state index in [0.29, 0.717) is 22.7 Å². The number of rotatable bonds is 3. The number of aryl methyl sites for hydroxylation is 2. The fraction of sp³-hybridized carbons (Fsp3) is 0.250. The SMILES string of the molecule is Cc1cnn(Cc2nc(NN)c3cnn(C)c3n2)c(=O)c1. The van der Waals surface area contributed by atoms with Crippen molar-refractivity contribution in [3.05, 3.63) is 40.2 Å². The molecular weight excluding hydrogens is 272 g/mol. The number of nitrogens with one attached hydrogen (secondary N) is 1. The van der Waals surface area contributed by atoms with Crippen LogP contribution in [0.4, 0.5) is 5.82 Å². The molecule has 0 radical (unpaired) electrons. The number of nitrogens with two attached hydrogens (primary N) is 1. The van der Waals surface area contributed by atoms with Crippen molar-refractivity contribution >= 4 is 16.9 Å². The van der Waals surface area contributed by atoms with Crippen molar-refractivity contribution in [3.63, 3.8) is 0 Å². The largest absolute Gasteiger partial charge is 0.308 e. The number of nitrogen functional groups attached to an aromatic ring is 1. The van der Waals surface area contributed by atoms with Crippen molar-refractivity contribution in [2.45, 2.75) is 13.5 Å². The van der Waals surface area contributed by atoms with Gasteiger partial charge in [0.05, 0.1) is 17.8 Å². The van der Waals surface area contributed by atoms with Gasteiger partial charge < -0.3 is 5.43 Å². The lowest BCUT2D eigenvalue weighted by Crippen LogP contribution is -2.24. The van der Waals surface area contributed by atoms with Crippen LogP contribution in [-0.2, 0) is 13.6 Å². The van der Waals surface area contributed by atoms with Crippen LogP contribution in [0, 0.1) is 6.92 Å². The number of hydrogen-bond acceptors (Lipinski definition) is 7. The Morgan fingerprint density at radius 2 is 2.10 bits per heavy atom. The van der Waals surface area contributed by atoms with E-state index < -0.39 is 0 Å². The number of fused-ring (bicyclic) bond motifs is 1. The summed E-state index contributed by atoms with van der Waals surface area (Å²) in [5.41, 5.74) is 3.76. The first-order valence-corrected chi connectivity index (χ1v) is 6.27. The van der Waals surface area contributed by atoms with Crippen molar-refractivity contribution in [2.24, 2.45) is 12.9 Å². The Kier molecular flexibility index (Phi) is 3.10. The van der Waals surface area contributed by atoms with E-state index in [2.05, 4.69) is 25.6 Å². The molecule has 9 nitrogen and oxygen atoms in total. The van der Waals surface area contributed by atoms with Crippen molar-refractivity contribution in [2.75, 3.05) is 5.43 Å². The van der Waals surface area contributed by atoms with Gasteiger partial charge in [-0.25, -0.2) is 20.5 Å². The van der Waals surface area contributed by atoms with Crippen LogP contribution in [0.5, 0.6) is 0 Å². The molecule has 0 aliphatic carbocycles. The second-order valence-electron chi connectivity index (χ2n) is 4.67. The van der Waals surface area contributed by atoms with Crippen molar-refractivity contribution in [1.29, 1.82) is 0 Å². The fourth-order valence-corrected chi connectivity index (χ4v) is 2.02. The van der Waals surface area contributed by atoms with Crippen molar-refractivity contribution in [1.82, 2.24) is 29.5 Å². The molecule has 9 heteroatoms. The van der Waals surface area contributed by atoms with Crippen LogP contribution in [0.3, 0.4) is 0 Å². The van der Waals surface area contributed by atoms with E-state index in [9.17, 15) is 4.79 Å². The molecule has 3 aromatic heterocycles. The minimum atomic E-state index is -0.203. The summed E-state index contributed by atoms with van der Waals surface area (Å²) in [7, 11) is 1.77. The summed E-state index contributed by atoms with van der Waals surface area (Å²) in [6.45, 7) is 1.97. The Morgan fingerprint density at radius 1 is 1.29 bits per heavy atom. The molecule has 3 N–H and O–H groups in total. The van der Waals surface area contributed by atoms with E-state index in [1.165, 1.54) is 10.7 Å². The van der Waals surface area contributed by atoms with Crippen LogP contribution < -0.4 is 16.8 Å². The second kappa shape index (κ2) is 4.94. The maximum absolute atomic E-state index is 11.9. The maximum atomic E-state index is 11.9. The smallest absolute Gasteiger partial charge is 0.267 e. The Labute approximate surface area is 119 Å². The molecule has 3 heterocycles. The monoisotopic (exact) mass is 286 g/mol. The Balaban J connectivity index is 2.08. The predicted molar refractivity (Wildman–Crippen MR) is 76.5 cm³/mol. The summed E-state index contributed by atoms with van der Waals surface area (Å²) < 4.78 is 2.91. The molecule has 0 aliphatic heterocycles. The van der Waals surface area contributed by atoms with E-state index in [1.807, 2.05) is 6.92 Å². The third kappa shape index (κ3) is 2.34. The van der Waals surface area contributed by atoms with E-state index in [1.54, 1.807) is 24.1 Å². The first kappa shape index (κ1) is 13.2. The molecule has 3 rings (SSSR count). The van der Waals surface area contributed by atoms with Crippen molar-refractivity contribution in [3.8, 4) is 0 Å². The molecule has 0 spiro atoms. The zero-order valence-corrected chi connectivity index (χ0v) is 11.6. The van der Waals surface area contributed by atoms with Crippen LogP contribution in [0.1, 0.15) is 11.4 Å². The highest BCUT2D eigenvalue weighted by Crippen LogP contribution is 2.18. The Hall–Kier alpha value is -2.81. The standard InChI is InChI=1S/C12H14N8O/c1-7-3-10(21)20(15-4-7)6-9-16-11(18-13)8-5-14-19(2)12(8)17-9/h3-5H,6,13H2,1-2H3,(H,16,17,18). The topological polar surface area (TPSA) is 117 Å². The highest BCUT2D eigenvalue weighted by Gasteiger charge is 2.11. The van der Waals surface area contributed by atoms with Gasteiger partial charge in [0.2, 0.25) is 0 Å². The highest BCUT2D eigenvalue weighted by atomic mass is 16.1. The first-order chi connectivity index (χ1) is 10.1. The molecule has 0 atom stereocenters. The Bertz CT molecular complexity index is 865. The predicted octanol–water partition coefficient (Wildman–Crippen LogP) is -0.438. The zero-order chi connectivity index (χ0) is 15.0. The minimum Gasteiger partial charge on any atom is -0.308 e. The number of hydrogen-bond donors (Lipinski definition) is 2. The third-order valence-corrected chi connectivity index (χ3v) is 3.07. The van der Waals surface area contributed by atoms with Crippen molar-refractivity contribution < 1.29 is 0 Å². The molecule has 0 fully saturated rings. The lowest BCUT2D eigenvalue weighted by Gasteiger charge is -2.07. The second-order valence-corrected chi connectivity index (χ2v) is 4.67. The Morgan fingerprint density at radius 3 is 2.81 bits per heavy atom. The summed E-state index contributed by atoms with van der Waals surface area (Å²) in [6, 6.07) is 1.51. The third-order valence-electron chi connectivity index (χ3n) is 3.07. The van der Waals surface area contributed by atoms with E-state index in [-0.39, 0.29) is 12.1 Å². The number of aromatic nitrogens is 6. The van der Waals surface area contributed by atoms with Gasteiger partial charge in [0, 0.05) is 13.1 Å². The van der Waals surface area contributed by atoms with E-state index >= 15 is 0 Å². The summed E-state index contributed by atoms with van der Waals surface area (Å²) in [5, 5.41) is 8.90. The molecule has 108 valence electrons. The average molecular weight is 286 g/mol. The molecule has 0 amide bonds. The molecule has 21 heavy (non-hydrogen) atoms. The highest BCUT2D eigenvalue weighted by molar-refractivity contribution is 5.86. The zero-order valence-electron chi connectivity index (χ0n) is 11.6. The van der Waals surface area contributed by atoms with Gasteiger partial charge >= 0.3 is 0 Å². The van der Waals surface area contributed by atoms with Crippen LogP contribution in [0.15, 0.2) is 23.3 Å². The molecule has 0 saturated heterocycles. The summed E-state index contributed by atoms with van der Waals surface area (Å²) in [4.78, 5) is 20.6. The fourth-order valence-electron chi connectivity index (χ4n) is 2.02. The van der Waals surface area contributed by atoms with E-state index in [0.717, 1.165) is 5.56 Å². The summed E-state index contributed by atoms with van der Waals surface area (Å²) in [5.74, 6) is 6.37. The quantitative estimate of drug-likeness (QED) is 0.495. The van der Waals surface area contributed by atoms with Gasteiger partial charge in [-0.1, -0.05) is 0 Å². The minimum absolute atomic E-state index is 0.162. The molecule has 3 aromatic rings. The maximum Gasteiger partial charge on any atom is 0.267 e. The van der Waals surface area contributed by atoms with E-state index in [4.69, 9.17) is 5.84 Å². The number of anilines is 1. The average Bonchev–Trinajstić information content (AvgIpc) is 2.83. The first-order valence-electron chi connectivity index (χ1n) is 6.27. The lowest BCUT2D eigenvalue weighted by atomic mass is 10.3. The van der Waals surface area contributed by atoms with Gasteiger partial charge in [0.25, 0.3) is 5.56 Å². The van der Waals surface area contributed by atoms with Crippen LogP contribution in [0.25, 0.3) is 11.0 Å². The van der Waals surface area contributed by atoms with Gasteiger partial charge in [0.1, 0.15) is 6.54 Å². The number of hydrazine groups is 1. The van der Waals surface area contributed by atoms with Crippen LogP contribution in [-0.4, -0.2) is 29.5 Å². The molecule has 0 saturated carbocycles. The summed E-state index contributed by atoms with van der Waals surface area (Å²) in [6.07, 6.45) is 3.25. The number of nitrogens with zero attached hydrogens (tertiary/aromatic N) is 6. The summed E-state index contributed by atoms with van der Waals surface area (Å²) >= 11 is 0. The van der Waals surface area contributed by atoms with Gasteiger partial charge in [0.15, 0.2) is 17.3 Å². The molecule has 0 aliphatic rings. The van der Waals surface area contributed by atoms with Gasteiger partial charge in [-0.15, -0.1) is 0 Å². The van der Waals surface area contributed by atoms with Gasteiger partial charge in [-0.3, -0.25) is 9.48 Å². The normalized spacial score (nSPS) is 11.0. The van der Waals surface area contributed by atoms with Crippen LogP contribution in [0.2, 0.25) is 0 Å². The van der Waals surface area contributed by atoms with Crippen LogP contribution >= 0.6 is 0 Å². The molecule has 0 bridgehead atoms. The molecule has 0 aromatic carbocycles. The van der Waals surface area contributed by atoms with Gasteiger partial charge in [-0.05, 0) is 12.5 Å².